The Bertz CT molecular complexity index is 702. The summed E-state index contributed by atoms with van der Waals surface area (Å²) in [6.45, 7) is 15.4. The number of aromatic nitrogens is 2. The van der Waals surface area contributed by atoms with Crippen molar-refractivity contribution in [3.8, 4) is 11.5 Å². The van der Waals surface area contributed by atoms with E-state index in [1.54, 1.807) is 19.1 Å². The minimum atomic E-state index is 0.209. The molecule has 0 radical (unpaired) electrons. The monoisotopic (exact) mass is 328 g/mol. The molecule has 2 rings (SSSR count). The zero-order chi connectivity index (χ0) is 17.9. The molecule has 128 valence electrons. The maximum absolute atomic E-state index is 5.61. The van der Waals surface area contributed by atoms with Crippen LogP contribution in [-0.4, -0.2) is 10.2 Å². The first-order valence-electron chi connectivity index (χ1n) is 7.75. The lowest BCUT2D eigenvalue weighted by Gasteiger charge is -2.08. The molecule has 0 fully saturated rings. The van der Waals surface area contributed by atoms with Crippen molar-refractivity contribution in [1.82, 2.24) is 10.2 Å². The molecule has 2 aromatic rings. The van der Waals surface area contributed by atoms with Gasteiger partial charge in [-0.1, -0.05) is 44.7 Å². The van der Waals surface area contributed by atoms with Gasteiger partial charge in [-0.05, 0) is 25.1 Å². The number of rotatable bonds is 7. The SMILES string of the molecule is C=C(C)/C=C\C(=C)Oc1cccc(OCc2nnc(C)o2)c1.CC. The molecule has 1 aromatic carbocycles. The van der Waals surface area contributed by atoms with Gasteiger partial charge in [0.2, 0.25) is 5.89 Å². The Hall–Kier alpha value is -2.82. The average Bonchev–Trinajstić information content (AvgIpc) is 2.99. The molecular formula is C19H24N2O3. The highest BCUT2D eigenvalue weighted by atomic mass is 16.5. The van der Waals surface area contributed by atoms with E-state index < -0.39 is 0 Å². The Morgan fingerprint density at radius 3 is 2.50 bits per heavy atom. The van der Waals surface area contributed by atoms with Crippen LogP contribution in [0.5, 0.6) is 11.5 Å². The number of allylic oxidation sites excluding steroid dienone is 3. The van der Waals surface area contributed by atoms with Gasteiger partial charge in [0, 0.05) is 13.0 Å². The first-order valence-corrected chi connectivity index (χ1v) is 7.75. The molecule has 0 bridgehead atoms. The molecule has 0 saturated heterocycles. The third kappa shape index (κ3) is 6.96. The van der Waals surface area contributed by atoms with Crippen LogP contribution in [0.2, 0.25) is 0 Å². The van der Waals surface area contributed by atoms with E-state index in [0.29, 0.717) is 29.0 Å². The Morgan fingerprint density at radius 1 is 1.17 bits per heavy atom. The van der Waals surface area contributed by atoms with Gasteiger partial charge in [-0.2, -0.15) is 0 Å². The Morgan fingerprint density at radius 2 is 1.88 bits per heavy atom. The van der Waals surface area contributed by atoms with Crippen LogP contribution < -0.4 is 9.47 Å². The zero-order valence-electron chi connectivity index (χ0n) is 14.7. The van der Waals surface area contributed by atoms with E-state index in [2.05, 4.69) is 23.4 Å². The first kappa shape index (κ1) is 19.2. The molecular weight excluding hydrogens is 304 g/mol. The van der Waals surface area contributed by atoms with E-state index in [9.17, 15) is 0 Å². The molecule has 24 heavy (non-hydrogen) atoms. The minimum Gasteiger partial charge on any atom is -0.484 e. The summed E-state index contributed by atoms with van der Waals surface area (Å²) in [4.78, 5) is 0. The second kappa shape index (κ2) is 10.0. The second-order valence-electron chi connectivity index (χ2n) is 4.73. The average molecular weight is 328 g/mol. The molecule has 5 heteroatoms. The summed E-state index contributed by atoms with van der Waals surface area (Å²) in [7, 11) is 0. The van der Waals surface area contributed by atoms with Gasteiger partial charge in [0.25, 0.3) is 5.89 Å². The lowest BCUT2D eigenvalue weighted by atomic mass is 10.3. The van der Waals surface area contributed by atoms with Crippen molar-refractivity contribution >= 4 is 0 Å². The Kier molecular flexibility index (Phi) is 8.05. The number of nitrogens with zero attached hydrogens (tertiary/aromatic N) is 2. The van der Waals surface area contributed by atoms with E-state index >= 15 is 0 Å². The molecule has 0 saturated carbocycles. The van der Waals surface area contributed by atoms with Crippen LogP contribution in [0.25, 0.3) is 0 Å². The fourth-order valence-electron chi connectivity index (χ4n) is 1.59. The summed E-state index contributed by atoms with van der Waals surface area (Å²) >= 11 is 0. The Balaban J connectivity index is 0.00000139. The van der Waals surface area contributed by atoms with Crippen molar-refractivity contribution in [1.29, 1.82) is 0 Å². The molecule has 0 atom stereocenters. The molecule has 0 amide bonds. The fraction of sp³-hybridized carbons (Fsp3) is 0.263. The van der Waals surface area contributed by atoms with Crippen molar-refractivity contribution in [3.05, 3.63) is 72.7 Å². The van der Waals surface area contributed by atoms with Crippen molar-refractivity contribution in [2.75, 3.05) is 0 Å². The highest BCUT2D eigenvalue weighted by Crippen LogP contribution is 2.22. The summed E-state index contributed by atoms with van der Waals surface area (Å²) in [5.41, 5.74) is 0.927. The molecule has 1 aromatic heterocycles. The minimum absolute atomic E-state index is 0.209. The van der Waals surface area contributed by atoms with Gasteiger partial charge >= 0.3 is 0 Å². The van der Waals surface area contributed by atoms with Crippen LogP contribution >= 0.6 is 0 Å². The molecule has 1 heterocycles. The number of hydrogen-bond donors (Lipinski definition) is 0. The van der Waals surface area contributed by atoms with Gasteiger partial charge < -0.3 is 13.9 Å². The van der Waals surface area contributed by atoms with Crippen LogP contribution in [0.15, 0.2) is 65.3 Å². The van der Waals surface area contributed by atoms with Crippen LogP contribution in [-0.2, 0) is 6.61 Å². The third-order valence-electron chi connectivity index (χ3n) is 2.54. The third-order valence-corrected chi connectivity index (χ3v) is 2.54. The fourth-order valence-corrected chi connectivity index (χ4v) is 1.59. The van der Waals surface area contributed by atoms with Gasteiger partial charge in [-0.3, -0.25) is 0 Å². The largest absolute Gasteiger partial charge is 0.484 e. The molecule has 0 unspecified atom stereocenters. The van der Waals surface area contributed by atoms with Crippen molar-refractivity contribution in [2.24, 2.45) is 0 Å². The Labute approximate surface area is 143 Å². The highest BCUT2D eigenvalue weighted by Gasteiger charge is 2.04. The summed E-state index contributed by atoms with van der Waals surface area (Å²) < 4.78 is 16.4. The summed E-state index contributed by atoms with van der Waals surface area (Å²) in [5, 5.41) is 7.61. The lowest BCUT2D eigenvalue weighted by Crippen LogP contribution is -1.96. The van der Waals surface area contributed by atoms with E-state index in [4.69, 9.17) is 13.9 Å². The van der Waals surface area contributed by atoms with Crippen molar-refractivity contribution in [2.45, 2.75) is 34.3 Å². The normalized spacial score (nSPS) is 10.0. The topological polar surface area (TPSA) is 57.4 Å². The van der Waals surface area contributed by atoms with Gasteiger partial charge in [0.05, 0.1) is 0 Å². The summed E-state index contributed by atoms with van der Waals surface area (Å²) in [5.74, 6) is 2.74. The van der Waals surface area contributed by atoms with Crippen molar-refractivity contribution in [3.63, 3.8) is 0 Å². The maximum atomic E-state index is 5.61. The lowest BCUT2D eigenvalue weighted by molar-refractivity contribution is 0.259. The summed E-state index contributed by atoms with van der Waals surface area (Å²) in [6, 6.07) is 7.24. The molecule has 0 aliphatic rings. The maximum Gasteiger partial charge on any atom is 0.253 e. The smallest absolute Gasteiger partial charge is 0.253 e. The predicted octanol–water partition coefficient (Wildman–Crippen LogP) is 5.01. The molecule has 0 aliphatic heterocycles. The predicted molar refractivity (Wildman–Crippen MR) is 94.9 cm³/mol. The first-order chi connectivity index (χ1) is 11.5. The van der Waals surface area contributed by atoms with Crippen LogP contribution in [0.1, 0.15) is 32.6 Å². The number of aryl methyl sites for hydroxylation is 1. The van der Waals surface area contributed by atoms with Crippen molar-refractivity contribution < 1.29 is 13.9 Å². The second-order valence-corrected chi connectivity index (χ2v) is 4.73. The number of ether oxygens (including phenoxy) is 2. The standard InChI is InChI=1S/C17H18N2O3.C2H6/c1-12(2)8-9-13(3)21-16-7-5-6-15(10-16)20-11-17-19-18-14(4)22-17;1-2/h5-10H,1,3,11H2,2,4H3;1-2H3/b9-8-;. The van der Waals surface area contributed by atoms with Crippen LogP contribution in [0.3, 0.4) is 0 Å². The van der Waals surface area contributed by atoms with Gasteiger partial charge in [-0.25, -0.2) is 0 Å². The van der Waals surface area contributed by atoms with Gasteiger partial charge in [-0.15, -0.1) is 10.2 Å². The molecule has 0 aliphatic carbocycles. The van der Waals surface area contributed by atoms with Gasteiger partial charge in [0.15, 0.2) is 6.61 Å². The number of benzene rings is 1. The highest BCUT2D eigenvalue weighted by molar-refractivity contribution is 5.35. The van der Waals surface area contributed by atoms with E-state index in [0.717, 1.165) is 5.57 Å². The van der Waals surface area contributed by atoms with Gasteiger partial charge in [0.1, 0.15) is 17.3 Å². The van der Waals surface area contributed by atoms with E-state index in [1.807, 2.05) is 45.0 Å². The zero-order valence-corrected chi connectivity index (χ0v) is 14.7. The quantitative estimate of drug-likeness (QED) is 0.528. The molecule has 5 nitrogen and oxygen atoms in total. The van der Waals surface area contributed by atoms with E-state index in [-0.39, 0.29) is 6.61 Å². The van der Waals surface area contributed by atoms with Crippen LogP contribution in [0.4, 0.5) is 0 Å². The van der Waals surface area contributed by atoms with Crippen LogP contribution in [0, 0.1) is 6.92 Å². The van der Waals surface area contributed by atoms with E-state index in [1.165, 1.54) is 0 Å². The molecule has 0 N–H and O–H groups in total. The number of hydrogen-bond acceptors (Lipinski definition) is 5. The molecule has 0 spiro atoms. The summed E-state index contributed by atoms with van der Waals surface area (Å²) in [6.07, 6.45) is 3.59.